The van der Waals surface area contributed by atoms with Crippen LogP contribution in [0.2, 0.25) is 0 Å². The number of carboxylic acids is 1. The molecule has 0 aliphatic rings. The monoisotopic (exact) mass is 268 g/mol. The van der Waals surface area contributed by atoms with Crippen molar-refractivity contribution in [3.8, 4) is 0 Å². The second kappa shape index (κ2) is 5.73. The normalized spacial score (nSPS) is 12.8. The number of hydrogen-bond acceptors (Lipinski definition) is 3. The maximum absolute atomic E-state index is 11.7. The first-order valence-electron chi connectivity index (χ1n) is 5.96. The van der Waals surface area contributed by atoms with Gasteiger partial charge in [0, 0.05) is 13.2 Å². The van der Waals surface area contributed by atoms with E-state index >= 15 is 0 Å². The van der Waals surface area contributed by atoms with Gasteiger partial charge in [-0.05, 0) is 11.5 Å². The lowest BCUT2D eigenvalue weighted by Gasteiger charge is -2.27. The Balaban J connectivity index is 2.52. The van der Waals surface area contributed by atoms with Gasteiger partial charge in [-0.15, -0.1) is 0 Å². The molecule has 0 spiro atoms. The van der Waals surface area contributed by atoms with Gasteiger partial charge in [0.05, 0.1) is 12.2 Å². The van der Waals surface area contributed by atoms with Gasteiger partial charge < -0.3 is 15.7 Å². The van der Waals surface area contributed by atoms with Gasteiger partial charge in [0.2, 0.25) is 0 Å². The number of urea groups is 1. The largest absolute Gasteiger partial charge is 0.480 e. The van der Waals surface area contributed by atoms with Gasteiger partial charge in [-0.2, -0.15) is 5.10 Å². The lowest BCUT2D eigenvalue weighted by atomic mass is 9.87. The quantitative estimate of drug-likeness (QED) is 0.749. The van der Waals surface area contributed by atoms with Crippen molar-refractivity contribution in [3.63, 3.8) is 0 Å². The van der Waals surface area contributed by atoms with E-state index in [0.29, 0.717) is 5.69 Å². The first kappa shape index (κ1) is 15.0. The molecule has 2 amide bonds. The molecule has 0 saturated carbocycles. The number of hydrogen-bond donors (Lipinski definition) is 3. The number of amides is 2. The van der Waals surface area contributed by atoms with Crippen molar-refractivity contribution in [2.45, 2.75) is 33.4 Å². The maximum atomic E-state index is 11.7. The van der Waals surface area contributed by atoms with Crippen LogP contribution in [0.25, 0.3) is 0 Å². The summed E-state index contributed by atoms with van der Waals surface area (Å²) in [4.78, 5) is 22.8. The van der Waals surface area contributed by atoms with Gasteiger partial charge >= 0.3 is 12.0 Å². The lowest BCUT2D eigenvalue weighted by Crippen LogP contribution is -2.52. The smallest absolute Gasteiger partial charge is 0.326 e. The molecule has 1 aromatic heterocycles. The van der Waals surface area contributed by atoms with Crippen LogP contribution in [0.3, 0.4) is 0 Å². The van der Waals surface area contributed by atoms with Crippen molar-refractivity contribution in [2.75, 3.05) is 0 Å². The van der Waals surface area contributed by atoms with Crippen molar-refractivity contribution < 1.29 is 14.7 Å². The van der Waals surface area contributed by atoms with E-state index < -0.39 is 23.5 Å². The van der Waals surface area contributed by atoms with Gasteiger partial charge in [-0.1, -0.05) is 20.8 Å². The van der Waals surface area contributed by atoms with Crippen LogP contribution in [-0.2, 0) is 18.4 Å². The van der Waals surface area contributed by atoms with Crippen LogP contribution in [0.1, 0.15) is 26.5 Å². The first-order valence-corrected chi connectivity index (χ1v) is 5.96. The fraction of sp³-hybridized carbons (Fsp3) is 0.583. The minimum atomic E-state index is -1.06. The molecule has 0 fully saturated rings. The minimum Gasteiger partial charge on any atom is -0.480 e. The van der Waals surface area contributed by atoms with E-state index in [1.807, 2.05) is 0 Å². The Kier molecular flexibility index (Phi) is 4.52. The molecule has 0 bridgehead atoms. The molecule has 1 heterocycles. The number of carboxylic acid groups (broad SMARTS) is 1. The number of rotatable bonds is 4. The summed E-state index contributed by atoms with van der Waals surface area (Å²) in [6, 6.07) is 0.308. The third-order valence-electron chi connectivity index (χ3n) is 2.59. The molecule has 1 atom stereocenters. The SMILES string of the molecule is Cn1ccc(CNC(=O)N[C@H](C(=O)O)C(C)(C)C)n1. The molecule has 0 saturated heterocycles. The number of aryl methyl sites for hydroxylation is 1. The average Bonchev–Trinajstić information content (AvgIpc) is 2.67. The zero-order valence-corrected chi connectivity index (χ0v) is 11.6. The van der Waals surface area contributed by atoms with Crippen molar-refractivity contribution >= 4 is 12.0 Å². The van der Waals surface area contributed by atoms with Crippen LogP contribution >= 0.6 is 0 Å². The minimum absolute atomic E-state index is 0.253. The maximum Gasteiger partial charge on any atom is 0.326 e. The average molecular weight is 268 g/mol. The first-order chi connectivity index (χ1) is 8.70. The summed E-state index contributed by atoms with van der Waals surface area (Å²) < 4.78 is 1.63. The predicted octanol–water partition coefficient (Wildman–Crippen LogP) is 0.719. The second-order valence-electron chi connectivity index (χ2n) is 5.45. The molecule has 0 aliphatic heterocycles. The van der Waals surface area contributed by atoms with Crippen LogP contribution < -0.4 is 10.6 Å². The zero-order chi connectivity index (χ0) is 14.6. The van der Waals surface area contributed by atoms with E-state index in [1.165, 1.54) is 0 Å². The molecule has 7 heteroatoms. The van der Waals surface area contributed by atoms with Crippen LogP contribution in [0.5, 0.6) is 0 Å². The van der Waals surface area contributed by atoms with Crippen LogP contribution in [0.15, 0.2) is 12.3 Å². The summed E-state index contributed by atoms with van der Waals surface area (Å²) in [5.41, 5.74) is 0.147. The third kappa shape index (κ3) is 4.61. The van der Waals surface area contributed by atoms with Crippen molar-refractivity contribution in [3.05, 3.63) is 18.0 Å². The summed E-state index contributed by atoms with van der Waals surface area (Å²) >= 11 is 0. The number of carbonyl (C=O) groups is 2. The Bertz CT molecular complexity index is 462. The molecule has 3 N–H and O–H groups in total. The lowest BCUT2D eigenvalue weighted by molar-refractivity contribution is -0.141. The van der Waals surface area contributed by atoms with Crippen molar-refractivity contribution in [1.29, 1.82) is 0 Å². The molecular formula is C12H20N4O3. The Morgan fingerprint density at radius 1 is 1.47 bits per heavy atom. The van der Waals surface area contributed by atoms with E-state index in [1.54, 1.807) is 44.8 Å². The second-order valence-corrected chi connectivity index (χ2v) is 5.45. The molecule has 0 aromatic carbocycles. The zero-order valence-electron chi connectivity index (χ0n) is 11.6. The Morgan fingerprint density at radius 3 is 2.53 bits per heavy atom. The highest BCUT2D eigenvalue weighted by Crippen LogP contribution is 2.19. The Hall–Kier alpha value is -2.05. The molecule has 0 unspecified atom stereocenters. The van der Waals surface area contributed by atoms with E-state index in [-0.39, 0.29) is 6.54 Å². The molecule has 106 valence electrons. The summed E-state index contributed by atoms with van der Waals surface area (Å²) in [7, 11) is 1.78. The topological polar surface area (TPSA) is 96.2 Å². The summed E-state index contributed by atoms with van der Waals surface area (Å²) in [6.07, 6.45) is 1.77. The van der Waals surface area contributed by atoms with E-state index in [2.05, 4.69) is 15.7 Å². The van der Waals surface area contributed by atoms with Gasteiger partial charge in [0.1, 0.15) is 6.04 Å². The highest BCUT2D eigenvalue weighted by molar-refractivity contribution is 5.83. The molecule has 7 nitrogen and oxygen atoms in total. The molecule has 1 aromatic rings. The number of nitrogens with zero attached hydrogens (tertiary/aromatic N) is 2. The predicted molar refractivity (Wildman–Crippen MR) is 69.5 cm³/mol. The number of aliphatic carboxylic acids is 1. The number of aromatic nitrogens is 2. The van der Waals surface area contributed by atoms with Gasteiger partial charge in [-0.3, -0.25) is 4.68 Å². The molecule has 1 rings (SSSR count). The fourth-order valence-corrected chi connectivity index (χ4v) is 1.56. The van der Waals surface area contributed by atoms with Crippen molar-refractivity contribution in [2.24, 2.45) is 12.5 Å². The number of nitrogens with one attached hydrogen (secondary N) is 2. The Labute approximate surface area is 112 Å². The molecular weight excluding hydrogens is 248 g/mol. The Morgan fingerprint density at radius 2 is 2.11 bits per heavy atom. The van der Waals surface area contributed by atoms with Gasteiger partial charge in [-0.25, -0.2) is 9.59 Å². The molecule has 19 heavy (non-hydrogen) atoms. The van der Waals surface area contributed by atoms with E-state index in [4.69, 9.17) is 5.11 Å². The summed E-state index contributed by atoms with van der Waals surface area (Å²) in [5, 5.41) is 18.2. The van der Waals surface area contributed by atoms with Crippen LogP contribution in [0.4, 0.5) is 4.79 Å². The fourth-order valence-electron chi connectivity index (χ4n) is 1.56. The van der Waals surface area contributed by atoms with E-state index in [9.17, 15) is 9.59 Å². The van der Waals surface area contributed by atoms with Gasteiger partial charge in [0.25, 0.3) is 0 Å². The molecule has 0 aliphatic carbocycles. The highest BCUT2D eigenvalue weighted by Gasteiger charge is 2.32. The van der Waals surface area contributed by atoms with E-state index in [0.717, 1.165) is 0 Å². The summed E-state index contributed by atoms with van der Waals surface area (Å²) in [6.45, 7) is 5.52. The number of carbonyl (C=O) groups excluding carboxylic acids is 1. The highest BCUT2D eigenvalue weighted by atomic mass is 16.4. The van der Waals surface area contributed by atoms with Crippen LogP contribution in [-0.4, -0.2) is 32.9 Å². The van der Waals surface area contributed by atoms with Gasteiger partial charge in [0.15, 0.2) is 0 Å². The third-order valence-corrected chi connectivity index (χ3v) is 2.59. The summed E-state index contributed by atoms with van der Waals surface area (Å²) in [5.74, 6) is -1.06. The molecule has 0 radical (unpaired) electrons. The van der Waals surface area contributed by atoms with Crippen LogP contribution in [0, 0.1) is 5.41 Å². The standard InChI is InChI=1S/C12H20N4O3/c1-12(2,3)9(10(17)18)14-11(19)13-7-8-5-6-16(4)15-8/h5-6,9H,7H2,1-4H3,(H,17,18)(H2,13,14,19)/t9-/m1/s1. The van der Waals surface area contributed by atoms with Crippen molar-refractivity contribution in [1.82, 2.24) is 20.4 Å².